The third-order valence-corrected chi connectivity index (χ3v) is 11.6. The lowest BCUT2D eigenvalue weighted by Crippen LogP contribution is -2.61. The van der Waals surface area contributed by atoms with Crippen LogP contribution in [0.3, 0.4) is 0 Å². The summed E-state index contributed by atoms with van der Waals surface area (Å²) in [6.45, 7) is 8.19. The van der Waals surface area contributed by atoms with E-state index in [4.69, 9.17) is 17.2 Å². The molecular formula is C43H68N12O10S. The van der Waals surface area contributed by atoms with Crippen LogP contribution in [0.4, 0.5) is 0 Å². The van der Waals surface area contributed by atoms with E-state index in [9.17, 15) is 48.6 Å². The number of carboxylic acid groups (broad SMARTS) is 1. The van der Waals surface area contributed by atoms with Crippen LogP contribution in [-0.2, 0) is 44.8 Å². The SMILES string of the molecule is CSCC[C@H](NC(=O)[C@H](CCCN=C(N)N)NC(=O)[C@H](C)NC(=O)[C@H](Cc1c[nH]c2ccccc12)NC(=O)[C@H](CC(C)C)NC(=O)[C@@H](NC(=O)[C@@H]1CCCN1C(=O)[C@H](C)N)[C@@H](C)O)C(=O)O. The molecule has 2 aromatic rings. The predicted octanol–water partition coefficient (Wildman–Crippen LogP) is -1.70. The van der Waals surface area contributed by atoms with Gasteiger partial charge < -0.3 is 69.2 Å². The number of guanidine groups is 1. The molecule has 1 fully saturated rings. The van der Waals surface area contributed by atoms with Crippen molar-refractivity contribution < 1.29 is 48.6 Å². The summed E-state index contributed by atoms with van der Waals surface area (Å²) in [5.41, 5.74) is 18.0. The van der Waals surface area contributed by atoms with Gasteiger partial charge in [0.05, 0.1) is 12.1 Å². The number of thioether (sulfide) groups is 1. The first-order valence-corrected chi connectivity index (χ1v) is 23.4. The van der Waals surface area contributed by atoms with Crippen molar-refractivity contribution in [2.75, 3.05) is 25.1 Å². The van der Waals surface area contributed by atoms with Crippen LogP contribution >= 0.6 is 11.8 Å². The molecule has 0 unspecified atom stereocenters. The molecule has 23 heteroatoms. The Morgan fingerprint density at radius 3 is 2.08 bits per heavy atom. The highest BCUT2D eigenvalue weighted by Gasteiger charge is 2.39. The van der Waals surface area contributed by atoms with Crippen LogP contribution in [-0.4, -0.2) is 153 Å². The highest BCUT2D eigenvalue weighted by molar-refractivity contribution is 7.98. The lowest BCUT2D eigenvalue weighted by molar-refractivity contribution is -0.142. The zero-order valence-corrected chi connectivity index (χ0v) is 39.2. The second kappa shape index (κ2) is 26.3. The van der Waals surface area contributed by atoms with E-state index in [0.29, 0.717) is 30.7 Å². The number of carbonyl (C=O) groups is 8. The van der Waals surface area contributed by atoms with Gasteiger partial charge in [0.1, 0.15) is 42.3 Å². The standard InChI is InChI=1S/C43H68N12O10S/c1-22(2)19-31(53-40(62)34(25(5)56)54-39(61)33-14-10-17-55(33)41(63)23(3)44)38(60)52-32(20-26-21-48-28-12-8-7-11-27(26)28)37(59)49-24(4)35(57)50-29(13-9-16-47-43(45)46)36(58)51-30(42(64)65)15-18-66-6/h7-8,11-12,21-25,29-34,48,56H,9-10,13-20,44H2,1-6H3,(H,49,59)(H,50,57)(H,51,58)(H,52,60)(H,53,62)(H,54,61)(H,64,65)(H4,45,46,47)/t23-,24-,25+,29-,30-,31-,32-,33-,34-/m0/s1. The van der Waals surface area contributed by atoms with Crippen molar-refractivity contribution in [1.82, 2.24) is 41.8 Å². The Morgan fingerprint density at radius 1 is 0.833 bits per heavy atom. The fraction of sp³-hybridized carbons (Fsp3) is 0.605. The smallest absolute Gasteiger partial charge is 0.326 e. The van der Waals surface area contributed by atoms with Gasteiger partial charge in [-0.25, -0.2) is 4.79 Å². The van der Waals surface area contributed by atoms with E-state index in [1.54, 1.807) is 32.4 Å². The molecule has 0 radical (unpaired) electrons. The number of rotatable bonds is 26. The number of aliphatic carboxylic acids is 1. The number of carboxylic acids is 1. The molecule has 3 rings (SSSR count). The maximum atomic E-state index is 14.2. The Hall–Kier alpha value is -5.94. The molecule has 0 bridgehead atoms. The summed E-state index contributed by atoms with van der Waals surface area (Å²) in [5.74, 6) is -6.28. The van der Waals surface area contributed by atoms with Crippen molar-refractivity contribution in [1.29, 1.82) is 0 Å². The molecule has 7 amide bonds. The monoisotopic (exact) mass is 944 g/mol. The number of amides is 7. The number of fused-ring (bicyclic) bond motifs is 1. The zero-order valence-electron chi connectivity index (χ0n) is 38.4. The van der Waals surface area contributed by atoms with Gasteiger partial charge in [0.2, 0.25) is 41.4 Å². The largest absolute Gasteiger partial charge is 0.480 e. The van der Waals surface area contributed by atoms with E-state index >= 15 is 0 Å². The second-order valence-corrected chi connectivity index (χ2v) is 17.9. The number of hydrogen-bond acceptors (Lipinski definition) is 12. The van der Waals surface area contributed by atoms with Gasteiger partial charge >= 0.3 is 5.97 Å². The Morgan fingerprint density at radius 2 is 1.45 bits per heavy atom. The van der Waals surface area contributed by atoms with Crippen LogP contribution in [0.25, 0.3) is 10.9 Å². The Balaban J connectivity index is 1.86. The van der Waals surface area contributed by atoms with Crippen molar-refractivity contribution >= 4 is 75.9 Å². The number of aromatic amines is 1. The van der Waals surface area contributed by atoms with Gasteiger partial charge in [0, 0.05) is 36.6 Å². The molecule has 0 aliphatic carbocycles. The van der Waals surface area contributed by atoms with Crippen LogP contribution < -0.4 is 49.1 Å². The molecule has 1 aliphatic rings. The second-order valence-electron chi connectivity index (χ2n) is 16.9. The Labute approximate surface area is 388 Å². The summed E-state index contributed by atoms with van der Waals surface area (Å²) in [6.07, 6.45) is 3.26. The summed E-state index contributed by atoms with van der Waals surface area (Å²) < 4.78 is 0. The van der Waals surface area contributed by atoms with Crippen molar-refractivity contribution in [3.63, 3.8) is 0 Å². The van der Waals surface area contributed by atoms with Gasteiger partial charge in [0.15, 0.2) is 5.96 Å². The number of carbonyl (C=O) groups excluding carboxylic acids is 7. The maximum absolute atomic E-state index is 14.2. The van der Waals surface area contributed by atoms with Crippen molar-refractivity contribution in [2.45, 2.75) is 134 Å². The van der Waals surface area contributed by atoms with Crippen LogP contribution in [0, 0.1) is 5.92 Å². The number of nitrogens with one attached hydrogen (secondary N) is 7. The van der Waals surface area contributed by atoms with Gasteiger partial charge in [-0.2, -0.15) is 11.8 Å². The summed E-state index contributed by atoms with van der Waals surface area (Å²) in [4.78, 5) is 116. The number of aliphatic hydroxyl groups is 1. The minimum atomic E-state index is -1.53. The number of para-hydroxylation sites is 1. The molecule has 1 saturated heterocycles. The summed E-state index contributed by atoms with van der Waals surface area (Å²) in [6, 6.07) is -2.40. The van der Waals surface area contributed by atoms with Crippen molar-refractivity contribution in [3.8, 4) is 0 Å². The lowest BCUT2D eigenvalue weighted by atomic mass is 10.00. The van der Waals surface area contributed by atoms with Crippen LogP contribution in [0.1, 0.15) is 78.7 Å². The van der Waals surface area contributed by atoms with Crippen LogP contribution in [0.15, 0.2) is 35.5 Å². The highest BCUT2D eigenvalue weighted by Crippen LogP contribution is 2.21. The number of nitrogens with zero attached hydrogens (tertiary/aromatic N) is 2. The van der Waals surface area contributed by atoms with Gasteiger partial charge in [-0.15, -0.1) is 0 Å². The number of aliphatic hydroxyl groups excluding tert-OH is 1. The fourth-order valence-electron chi connectivity index (χ4n) is 7.40. The quantitative estimate of drug-likeness (QED) is 0.0284. The van der Waals surface area contributed by atoms with E-state index in [2.05, 4.69) is 41.9 Å². The molecule has 15 N–H and O–H groups in total. The molecule has 66 heavy (non-hydrogen) atoms. The highest BCUT2D eigenvalue weighted by atomic mass is 32.2. The van der Waals surface area contributed by atoms with Gasteiger partial charge in [0.25, 0.3) is 0 Å². The minimum absolute atomic E-state index is 0.0119. The minimum Gasteiger partial charge on any atom is -0.480 e. The molecule has 2 heterocycles. The first-order chi connectivity index (χ1) is 31.1. The normalized spacial score (nSPS) is 17.2. The van der Waals surface area contributed by atoms with Crippen LogP contribution in [0.5, 0.6) is 0 Å². The number of likely N-dealkylation sites (tertiary alicyclic amines) is 1. The lowest BCUT2D eigenvalue weighted by Gasteiger charge is -2.30. The summed E-state index contributed by atoms with van der Waals surface area (Å²) in [5, 5.41) is 36.7. The first-order valence-electron chi connectivity index (χ1n) is 22.0. The Kier molecular flexibility index (Phi) is 21.6. The summed E-state index contributed by atoms with van der Waals surface area (Å²) >= 11 is 1.40. The van der Waals surface area contributed by atoms with Crippen molar-refractivity contribution in [2.24, 2.45) is 28.1 Å². The van der Waals surface area contributed by atoms with Crippen LogP contribution in [0.2, 0.25) is 0 Å². The average molecular weight is 945 g/mol. The van der Waals surface area contributed by atoms with Gasteiger partial charge in [-0.3, -0.25) is 38.6 Å². The molecule has 9 atom stereocenters. The third kappa shape index (κ3) is 16.5. The molecule has 22 nitrogen and oxygen atoms in total. The molecular weight excluding hydrogens is 877 g/mol. The average Bonchev–Trinajstić information content (AvgIpc) is 3.91. The molecule has 0 spiro atoms. The maximum Gasteiger partial charge on any atom is 0.326 e. The fourth-order valence-corrected chi connectivity index (χ4v) is 7.87. The number of nitrogens with two attached hydrogens (primary N) is 3. The molecule has 1 aromatic carbocycles. The predicted molar refractivity (Wildman–Crippen MR) is 249 cm³/mol. The van der Waals surface area contributed by atoms with Gasteiger partial charge in [-0.1, -0.05) is 32.0 Å². The topological polar surface area (TPSA) is 359 Å². The zero-order chi connectivity index (χ0) is 49.2. The number of H-pyrrole nitrogens is 1. The number of hydrogen-bond donors (Lipinski definition) is 12. The summed E-state index contributed by atoms with van der Waals surface area (Å²) in [7, 11) is 0. The van der Waals surface area contributed by atoms with Gasteiger partial charge in [-0.05, 0) is 88.9 Å². The van der Waals surface area contributed by atoms with E-state index in [0.717, 1.165) is 10.9 Å². The Bertz CT molecular complexity index is 2040. The molecule has 0 saturated carbocycles. The van der Waals surface area contributed by atoms with E-state index < -0.39 is 102 Å². The number of aliphatic imine (C=N–C) groups is 1. The first kappa shape index (κ1) is 54.4. The number of aromatic nitrogens is 1. The molecule has 1 aliphatic heterocycles. The van der Waals surface area contributed by atoms with E-state index in [-0.39, 0.29) is 50.5 Å². The van der Waals surface area contributed by atoms with E-state index in [1.807, 2.05) is 18.2 Å². The molecule has 366 valence electrons. The third-order valence-electron chi connectivity index (χ3n) is 10.9. The molecule has 1 aromatic heterocycles. The number of benzene rings is 1. The van der Waals surface area contributed by atoms with Crippen molar-refractivity contribution in [3.05, 3.63) is 36.0 Å². The van der Waals surface area contributed by atoms with E-state index in [1.165, 1.54) is 37.4 Å².